The summed E-state index contributed by atoms with van der Waals surface area (Å²) in [6, 6.07) is 2.94. The molecule has 0 fully saturated rings. The van der Waals surface area contributed by atoms with Gasteiger partial charge < -0.3 is 9.88 Å². The number of nitrogens with zero attached hydrogens (tertiary/aromatic N) is 2. The van der Waals surface area contributed by atoms with Gasteiger partial charge in [-0.2, -0.15) is 0 Å². The second-order valence-corrected chi connectivity index (χ2v) is 4.87. The van der Waals surface area contributed by atoms with E-state index in [1.54, 1.807) is 19.3 Å². The Morgan fingerprint density at radius 2 is 2.33 bits per heavy atom. The molecule has 6 heteroatoms. The van der Waals surface area contributed by atoms with Crippen LogP contribution in [0.3, 0.4) is 0 Å². The number of thiazole rings is 1. The van der Waals surface area contributed by atoms with Gasteiger partial charge in [-0.1, -0.05) is 0 Å². The molecule has 0 bridgehead atoms. The molecule has 5 nitrogen and oxygen atoms in total. The van der Waals surface area contributed by atoms with Crippen molar-refractivity contribution in [1.82, 2.24) is 14.9 Å². The van der Waals surface area contributed by atoms with Crippen LogP contribution in [-0.2, 0) is 13.6 Å². The average molecular weight is 263 g/mol. The van der Waals surface area contributed by atoms with Crippen molar-refractivity contribution in [1.29, 1.82) is 0 Å². The third-order valence-electron chi connectivity index (χ3n) is 2.43. The highest BCUT2D eigenvalue weighted by atomic mass is 32.1. The van der Waals surface area contributed by atoms with Gasteiger partial charge in [-0.3, -0.25) is 9.59 Å². The summed E-state index contributed by atoms with van der Waals surface area (Å²) in [6.07, 6.45) is 1.57. The van der Waals surface area contributed by atoms with Crippen LogP contribution in [0.2, 0.25) is 0 Å². The second kappa shape index (κ2) is 5.14. The van der Waals surface area contributed by atoms with Crippen molar-refractivity contribution < 1.29 is 4.79 Å². The third kappa shape index (κ3) is 2.84. The number of hydrogen-bond acceptors (Lipinski definition) is 4. The molecule has 0 atom stereocenters. The topological polar surface area (TPSA) is 64.0 Å². The number of amides is 1. The fourth-order valence-electron chi connectivity index (χ4n) is 1.43. The SMILES string of the molecule is Cc1csc(CNC(=O)c2ccn(C)c(=O)c2)n1. The van der Waals surface area contributed by atoms with Gasteiger partial charge in [0, 0.05) is 35.9 Å². The molecule has 1 amide bonds. The smallest absolute Gasteiger partial charge is 0.251 e. The van der Waals surface area contributed by atoms with E-state index in [4.69, 9.17) is 0 Å². The Morgan fingerprint density at radius 3 is 2.94 bits per heavy atom. The van der Waals surface area contributed by atoms with Crippen molar-refractivity contribution in [2.75, 3.05) is 0 Å². The molecule has 0 saturated carbocycles. The first kappa shape index (κ1) is 12.5. The Morgan fingerprint density at radius 1 is 1.56 bits per heavy atom. The molecule has 0 aromatic carbocycles. The van der Waals surface area contributed by atoms with Crippen molar-refractivity contribution in [2.24, 2.45) is 7.05 Å². The minimum absolute atomic E-state index is 0.201. The zero-order chi connectivity index (χ0) is 13.1. The van der Waals surface area contributed by atoms with Crippen LogP contribution >= 0.6 is 11.3 Å². The van der Waals surface area contributed by atoms with Crippen molar-refractivity contribution >= 4 is 17.2 Å². The molecule has 0 radical (unpaired) electrons. The molecule has 0 unspecified atom stereocenters. The van der Waals surface area contributed by atoms with Crippen LogP contribution in [0.5, 0.6) is 0 Å². The van der Waals surface area contributed by atoms with Gasteiger partial charge in [0.05, 0.1) is 6.54 Å². The Hall–Kier alpha value is -1.95. The zero-order valence-corrected chi connectivity index (χ0v) is 11.0. The van der Waals surface area contributed by atoms with Gasteiger partial charge in [-0.05, 0) is 13.0 Å². The van der Waals surface area contributed by atoms with E-state index in [0.29, 0.717) is 12.1 Å². The molecule has 2 heterocycles. The van der Waals surface area contributed by atoms with Crippen LogP contribution in [0.4, 0.5) is 0 Å². The molecule has 2 aromatic rings. The van der Waals surface area contributed by atoms with Gasteiger partial charge in [-0.15, -0.1) is 11.3 Å². The van der Waals surface area contributed by atoms with Crippen LogP contribution in [-0.4, -0.2) is 15.5 Å². The minimum Gasteiger partial charge on any atom is -0.346 e. The van der Waals surface area contributed by atoms with Gasteiger partial charge in [0.1, 0.15) is 5.01 Å². The predicted molar refractivity (Wildman–Crippen MR) is 69.7 cm³/mol. The van der Waals surface area contributed by atoms with E-state index >= 15 is 0 Å². The van der Waals surface area contributed by atoms with E-state index in [2.05, 4.69) is 10.3 Å². The fourth-order valence-corrected chi connectivity index (χ4v) is 2.14. The number of hydrogen-bond donors (Lipinski definition) is 1. The molecule has 0 saturated heterocycles. The Bertz CT molecular complexity index is 630. The average Bonchev–Trinajstić information content (AvgIpc) is 2.75. The van der Waals surface area contributed by atoms with Crippen LogP contribution in [0.15, 0.2) is 28.5 Å². The lowest BCUT2D eigenvalue weighted by atomic mass is 10.2. The molecule has 1 N–H and O–H groups in total. The van der Waals surface area contributed by atoms with Gasteiger partial charge in [0.25, 0.3) is 11.5 Å². The summed E-state index contributed by atoms with van der Waals surface area (Å²) in [5.74, 6) is -0.263. The quantitative estimate of drug-likeness (QED) is 0.901. The molecule has 94 valence electrons. The number of nitrogens with one attached hydrogen (secondary N) is 1. The molecule has 0 spiro atoms. The van der Waals surface area contributed by atoms with E-state index in [9.17, 15) is 9.59 Å². The van der Waals surface area contributed by atoms with Crippen LogP contribution < -0.4 is 10.9 Å². The highest BCUT2D eigenvalue weighted by Crippen LogP contribution is 2.08. The monoisotopic (exact) mass is 263 g/mol. The first-order valence-corrected chi connectivity index (χ1v) is 6.30. The lowest BCUT2D eigenvalue weighted by Crippen LogP contribution is -2.25. The van der Waals surface area contributed by atoms with E-state index < -0.39 is 0 Å². The number of carbonyl (C=O) groups is 1. The van der Waals surface area contributed by atoms with E-state index in [1.807, 2.05) is 12.3 Å². The first-order chi connectivity index (χ1) is 8.56. The third-order valence-corrected chi connectivity index (χ3v) is 3.40. The molecular formula is C12H13N3O2S. The summed E-state index contributed by atoms with van der Waals surface area (Å²) in [7, 11) is 1.64. The molecule has 0 aliphatic carbocycles. The van der Waals surface area contributed by atoms with Crippen molar-refractivity contribution in [2.45, 2.75) is 13.5 Å². The summed E-state index contributed by atoms with van der Waals surface area (Å²) < 4.78 is 1.42. The molecule has 2 aromatic heterocycles. The lowest BCUT2D eigenvalue weighted by Gasteiger charge is -2.03. The second-order valence-electron chi connectivity index (χ2n) is 3.93. The Balaban J connectivity index is 2.03. The van der Waals surface area contributed by atoms with Crippen LogP contribution in [0.25, 0.3) is 0 Å². The first-order valence-electron chi connectivity index (χ1n) is 5.42. The van der Waals surface area contributed by atoms with Crippen molar-refractivity contribution in [3.05, 3.63) is 50.3 Å². The van der Waals surface area contributed by atoms with E-state index in [1.165, 1.54) is 22.0 Å². The maximum absolute atomic E-state index is 11.8. The standard InChI is InChI=1S/C12H13N3O2S/c1-8-7-18-10(14-8)6-13-12(17)9-3-4-15(2)11(16)5-9/h3-5,7H,6H2,1-2H3,(H,13,17). The molecule has 0 aliphatic rings. The molecule has 0 aliphatic heterocycles. The number of aromatic nitrogens is 2. The summed E-state index contributed by atoms with van der Waals surface area (Å²) >= 11 is 1.50. The summed E-state index contributed by atoms with van der Waals surface area (Å²) in [4.78, 5) is 27.4. The summed E-state index contributed by atoms with van der Waals surface area (Å²) in [6.45, 7) is 2.29. The summed E-state index contributed by atoms with van der Waals surface area (Å²) in [5.41, 5.74) is 1.11. The van der Waals surface area contributed by atoms with Crippen molar-refractivity contribution in [3.8, 4) is 0 Å². The van der Waals surface area contributed by atoms with Crippen LogP contribution in [0, 0.1) is 6.92 Å². The van der Waals surface area contributed by atoms with E-state index in [0.717, 1.165) is 10.7 Å². The largest absolute Gasteiger partial charge is 0.346 e. The number of rotatable bonds is 3. The zero-order valence-electron chi connectivity index (χ0n) is 10.1. The van der Waals surface area contributed by atoms with Gasteiger partial charge in [0.15, 0.2) is 0 Å². The van der Waals surface area contributed by atoms with Gasteiger partial charge >= 0.3 is 0 Å². The Labute approximate surface area is 108 Å². The maximum Gasteiger partial charge on any atom is 0.251 e. The normalized spacial score (nSPS) is 10.3. The van der Waals surface area contributed by atoms with E-state index in [-0.39, 0.29) is 11.5 Å². The lowest BCUT2D eigenvalue weighted by molar-refractivity contribution is 0.0950. The fraction of sp³-hybridized carbons (Fsp3) is 0.250. The highest BCUT2D eigenvalue weighted by molar-refractivity contribution is 7.09. The maximum atomic E-state index is 11.8. The summed E-state index contributed by atoms with van der Waals surface area (Å²) in [5, 5.41) is 5.52. The number of pyridine rings is 1. The van der Waals surface area contributed by atoms with Gasteiger partial charge in [0.2, 0.25) is 0 Å². The molecule has 2 rings (SSSR count). The van der Waals surface area contributed by atoms with Crippen molar-refractivity contribution in [3.63, 3.8) is 0 Å². The predicted octanol–water partition coefficient (Wildman–Crippen LogP) is 1.08. The number of aryl methyl sites for hydroxylation is 2. The Kier molecular flexibility index (Phi) is 3.57. The van der Waals surface area contributed by atoms with Crippen LogP contribution in [0.1, 0.15) is 21.1 Å². The van der Waals surface area contributed by atoms with Gasteiger partial charge in [-0.25, -0.2) is 4.98 Å². The highest BCUT2D eigenvalue weighted by Gasteiger charge is 2.07. The minimum atomic E-state index is -0.263. The molecule has 18 heavy (non-hydrogen) atoms. The molecular weight excluding hydrogens is 250 g/mol. The number of carbonyl (C=O) groups excluding carboxylic acids is 1.